The van der Waals surface area contributed by atoms with E-state index in [0.717, 1.165) is 10.2 Å². The number of aromatic nitrogens is 3. The average Bonchev–Trinajstić information content (AvgIpc) is 3.09. The molecule has 1 unspecified atom stereocenters. The third-order valence-corrected chi connectivity index (χ3v) is 6.15. The zero-order valence-corrected chi connectivity index (χ0v) is 16.5. The van der Waals surface area contributed by atoms with Gasteiger partial charge in [-0.3, -0.25) is 9.59 Å². The lowest BCUT2D eigenvalue weighted by molar-refractivity contribution is -0.138. The summed E-state index contributed by atoms with van der Waals surface area (Å²) in [6.45, 7) is 1.95. The first kappa shape index (κ1) is 18.6. The Bertz CT molecular complexity index is 1260. The molecule has 142 valence electrons. The highest BCUT2D eigenvalue weighted by Crippen LogP contribution is 2.30. The summed E-state index contributed by atoms with van der Waals surface area (Å²) in [5.74, 6) is -1.75. The lowest BCUT2D eigenvalue weighted by Gasteiger charge is -2.14. The van der Waals surface area contributed by atoms with E-state index >= 15 is 0 Å². The highest BCUT2D eigenvalue weighted by atomic mass is 35.5. The van der Waals surface area contributed by atoms with E-state index in [1.54, 1.807) is 37.3 Å². The molecular formula is C20H16ClN3O3S. The number of thiazole rings is 1. The van der Waals surface area contributed by atoms with Gasteiger partial charge >= 0.3 is 5.97 Å². The molecule has 6 nitrogen and oxygen atoms in total. The number of halogens is 1. The number of carbonyl (C=O) groups is 1. The molecular weight excluding hydrogens is 398 g/mol. The van der Waals surface area contributed by atoms with Crippen molar-refractivity contribution in [1.82, 2.24) is 14.8 Å². The van der Waals surface area contributed by atoms with Gasteiger partial charge in [0.05, 0.1) is 32.9 Å². The number of nitrogens with zero attached hydrogens (tertiary/aromatic N) is 3. The Kier molecular flexibility index (Phi) is 4.87. The molecule has 0 spiro atoms. The minimum atomic E-state index is -0.961. The Labute approximate surface area is 169 Å². The van der Waals surface area contributed by atoms with E-state index in [1.807, 2.05) is 12.1 Å². The van der Waals surface area contributed by atoms with Crippen molar-refractivity contribution in [3.05, 3.63) is 68.5 Å². The lowest BCUT2D eigenvalue weighted by Crippen LogP contribution is -2.27. The first-order valence-electron chi connectivity index (χ1n) is 8.76. The molecule has 0 fully saturated rings. The van der Waals surface area contributed by atoms with Gasteiger partial charge in [-0.15, -0.1) is 11.3 Å². The van der Waals surface area contributed by atoms with Crippen LogP contribution in [0.4, 0.5) is 0 Å². The summed E-state index contributed by atoms with van der Waals surface area (Å²) < 4.78 is 2.15. The van der Waals surface area contributed by atoms with E-state index in [4.69, 9.17) is 11.6 Å². The zero-order valence-electron chi connectivity index (χ0n) is 14.9. The molecule has 0 radical (unpaired) electrons. The quantitative estimate of drug-likeness (QED) is 0.527. The van der Waals surface area contributed by atoms with Gasteiger partial charge in [-0.2, -0.15) is 5.10 Å². The van der Waals surface area contributed by atoms with Crippen LogP contribution in [0, 0.1) is 0 Å². The molecule has 0 saturated carbocycles. The fourth-order valence-electron chi connectivity index (χ4n) is 3.27. The number of hydrogen-bond donors (Lipinski definition) is 1. The molecule has 0 bridgehead atoms. The maximum Gasteiger partial charge on any atom is 0.312 e. The molecule has 0 amide bonds. The molecule has 0 aliphatic carbocycles. The van der Waals surface area contributed by atoms with Crippen LogP contribution in [0.5, 0.6) is 0 Å². The van der Waals surface area contributed by atoms with Gasteiger partial charge in [0, 0.05) is 5.39 Å². The largest absolute Gasteiger partial charge is 0.481 e. The molecule has 0 aliphatic rings. The fourth-order valence-corrected chi connectivity index (χ4v) is 4.50. The van der Waals surface area contributed by atoms with Crippen molar-refractivity contribution in [2.75, 3.05) is 0 Å². The minimum Gasteiger partial charge on any atom is -0.481 e. The van der Waals surface area contributed by atoms with E-state index in [2.05, 4.69) is 10.1 Å². The van der Waals surface area contributed by atoms with Gasteiger partial charge in [0.15, 0.2) is 0 Å². The Morgan fingerprint density at radius 2 is 1.96 bits per heavy atom. The van der Waals surface area contributed by atoms with Crippen LogP contribution in [0.2, 0.25) is 5.02 Å². The summed E-state index contributed by atoms with van der Waals surface area (Å²) in [6.07, 6.45) is 0.376. The Balaban J connectivity index is 1.88. The normalized spacial score (nSPS) is 12.5. The molecule has 2 aromatic heterocycles. The summed E-state index contributed by atoms with van der Waals surface area (Å²) in [5.41, 5.74) is 0.882. The van der Waals surface area contributed by atoms with Crippen LogP contribution in [0.25, 0.3) is 21.0 Å². The standard InChI is InChI=1S/C20H16ClN3O3S/c1-2-11(20(26)27)17-12-6-3-4-7-13(12)19(25)24(23-17)10-16-22-15-9-5-8-14(21)18(15)28-16/h3-9,11H,2,10H2,1H3,(H,26,27). The van der Waals surface area contributed by atoms with Crippen LogP contribution in [-0.4, -0.2) is 25.8 Å². The third-order valence-electron chi connectivity index (χ3n) is 4.63. The first-order valence-corrected chi connectivity index (χ1v) is 9.95. The molecule has 1 N–H and O–H groups in total. The Morgan fingerprint density at radius 3 is 2.64 bits per heavy atom. The van der Waals surface area contributed by atoms with Crippen LogP contribution >= 0.6 is 22.9 Å². The number of hydrogen-bond acceptors (Lipinski definition) is 5. The zero-order chi connectivity index (χ0) is 19.8. The van der Waals surface area contributed by atoms with Gasteiger partial charge in [0.1, 0.15) is 10.9 Å². The average molecular weight is 414 g/mol. The number of carboxylic acids is 1. The van der Waals surface area contributed by atoms with E-state index in [0.29, 0.717) is 32.9 Å². The number of benzene rings is 2. The van der Waals surface area contributed by atoms with Crippen molar-refractivity contribution in [2.45, 2.75) is 25.8 Å². The van der Waals surface area contributed by atoms with Gasteiger partial charge in [0.25, 0.3) is 5.56 Å². The van der Waals surface area contributed by atoms with Crippen molar-refractivity contribution in [1.29, 1.82) is 0 Å². The molecule has 2 heterocycles. The summed E-state index contributed by atoms with van der Waals surface area (Å²) in [5, 5.41) is 16.4. The van der Waals surface area contributed by atoms with Gasteiger partial charge in [-0.1, -0.05) is 42.8 Å². The molecule has 4 aromatic rings. The number of rotatable bonds is 5. The van der Waals surface area contributed by atoms with E-state index in [-0.39, 0.29) is 12.1 Å². The van der Waals surface area contributed by atoms with Gasteiger partial charge < -0.3 is 5.11 Å². The molecule has 2 aromatic carbocycles. The van der Waals surface area contributed by atoms with Gasteiger partial charge in [0.2, 0.25) is 0 Å². The summed E-state index contributed by atoms with van der Waals surface area (Å²) in [7, 11) is 0. The molecule has 1 atom stereocenters. The highest BCUT2D eigenvalue weighted by Gasteiger charge is 2.24. The summed E-state index contributed by atoms with van der Waals surface area (Å²) in [6, 6.07) is 12.5. The Hall–Kier alpha value is -2.77. The van der Waals surface area contributed by atoms with Crippen molar-refractivity contribution < 1.29 is 9.90 Å². The predicted molar refractivity (Wildman–Crippen MR) is 110 cm³/mol. The topological polar surface area (TPSA) is 85.1 Å². The van der Waals surface area contributed by atoms with Crippen molar-refractivity contribution in [3.8, 4) is 0 Å². The third kappa shape index (κ3) is 3.16. The first-order chi connectivity index (χ1) is 13.5. The molecule has 0 aliphatic heterocycles. The van der Waals surface area contributed by atoms with Crippen molar-refractivity contribution in [3.63, 3.8) is 0 Å². The number of aliphatic carboxylic acids is 1. The monoisotopic (exact) mass is 413 g/mol. The van der Waals surface area contributed by atoms with Crippen LogP contribution in [-0.2, 0) is 11.3 Å². The van der Waals surface area contributed by atoms with Gasteiger partial charge in [-0.25, -0.2) is 9.67 Å². The molecule has 4 rings (SSSR count). The van der Waals surface area contributed by atoms with Crippen molar-refractivity contribution in [2.24, 2.45) is 0 Å². The van der Waals surface area contributed by atoms with Crippen LogP contribution < -0.4 is 5.56 Å². The maximum absolute atomic E-state index is 13.0. The Morgan fingerprint density at radius 1 is 1.21 bits per heavy atom. The summed E-state index contributed by atoms with van der Waals surface area (Å²) >= 11 is 7.62. The second kappa shape index (κ2) is 7.33. The predicted octanol–water partition coefficient (Wildman–Crippen LogP) is 4.29. The lowest BCUT2D eigenvalue weighted by atomic mass is 9.97. The van der Waals surface area contributed by atoms with Crippen LogP contribution in [0.3, 0.4) is 0 Å². The van der Waals surface area contributed by atoms with Gasteiger partial charge in [-0.05, 0) is 24.6 Å². The van der Waals surface area contributed by atoms with Crippen molar-refractivity contribution >= 4 is 49.9 Å². The minimum absolute atomic E-state index is 0.155. The molecule has 0 saturated heterocycles. The second-order valence-corrected chi connectivity index (χ2v) is 7.88. The van der Waals surface area contributed by atoms with E-state index in [9.17, 15) is 14.7 Å². The smallest absolute Gasteiger partial charge is 0.312 e. The van der Waals surface area contributed by atoms with Crippen LogP contribution in [0.15, 0.2) is 47.3 Å². The SMILES string of the molecule is CCC(C(=O)O)c1nn(Cc2nc3cccc(Cl)c3s2)c(=O)c2ccccc12. The number of carboxylic acid groups (broad SMARTS) is 1. The molecule has 8 heteroatoms. The maximum atomic E-state index is 13.0. The second-order valence-electron chi connectivity index (χ2n) is 6.39. The van der Waals surface area contributed by atoms with Crippen LogP contribution in [0.1, 0.15) is 30.0 Å². The van der Waals surface area contributed by atoms with E-state index in [1.165, 1.54) is 16.0 Å². The summed E-state index contributed by atoms with van der Waals surface area (Å²) in [4.78, 5) is 29.2. The van der Waals surface area contributed by atoms with E-state index < -0.39 is 11.9 Å². The highest BCUT2D eigenvalue weighted by molar-refractivity contribution is 7.19. The fraction of sp³-hybridized carbons (Fsp3) is 0.200. The molecule has 28 heavy (non-hydrogen) atoms. The number of fused-ring (bicyclic) bond motifs is 2.